The predicted molar refractivity (Wildman–Crippen MR) is 148 cm³/mol. The summed E-state index contributed by atoms with van der Waals surface area (Å²) in [6.45, 7) is 4.25. The van der Waals surface area contributed by atoms with Gasteiger partial charge in [0.1, 0.15) is 17.1 Å². The number of benzene rings is 2. The quantitative estimate of drug-likeness (QED) is 0.312. The maximum Gasteiger partial charge on any atom is 0.198 e. The first-order chi connectivity index (χ1) is 20.4. The second kappa shape index (κ2) is 11.0. The topological polar surface area (TPSA) is 172 Å². The number of hydrogen-bond acceptors (Lipinski definition) is 12. The largest absolute Gasteiger partial charge is 0.507 e. The van der Waals surface area contributed by atoms with Gasteiger partial charge in [0.25, 0.3) is 0 Å². The van der Waals surface area contributed by atoms with E-state index in [-0.39, 0.29) is 46.2 Å². The van der Waals surface area contributed by atoms with Crippen LogP contribution in [-0.2, 0) is 30.2 Å². The number of phenols is 2. The van der Waals surface area contributed by atoms with E-state index in [0.717, 1.165) is 0 Å². The van der Waals surface area contributed by atoms with E-state index in [4.69, 9.17) is 18.9 Å². The first kappa shape index (κ1) is 29.8. The molecule has 12 heteroatoms. The summed E-state index contributed by atoms with van der Waals surface area (Å²) >= 11 is 0. The minimum Gasteiger partial charge on any atom is -0.507 e. The summed E-state index contributed by atoms with van der Waals surface area (Å²) in [7, 11) is 1.54. The van der Waals surface area contributed by atoms with Gasteiger partial charge in [0.2, 0.25) is 0 Å². The van der Waals surface area contributed by atoms with Crippen molar-refractivity contribution < 1.29 is 53.8 Å². The first-order valence-corrected chi connectivity index (χ1v) is 14.3. The maximum absolute atomic E-state index is 13.5. The van der Waals surface area contributed by atoms with Gasteiger partial charge in [-0.2, -0.15) is 0 Å². The van der Waals surface area contributed by atoms with Crippen molar-refractivity contribution in [2.45, 2.75) is 75.6 Å². The summed E-state index contributed by atoms with van der Waals surface area (Å²) in [6, 6.07) is 5.70. The Morgan fingerprint density at radius 1 is 1.07 bits per heavy atom. The smallest absolute Gasteiger partial charge is 0.198 e. The van der Waals surface area contributed by atoms with Crippen molar-refractivity contribution in [3.05, 3.63) is 57.6 Å². The Labute approximate surface area is 247 Å². The number of nitrogens with zero attached hydrogens (tertiary/aromatic N) is 1. The number of Topliss-reactive ketones (excluding diaryl/α,β-unsaturated/α-hetero) is 1. The van der Waals surface area contributed by atoms with Gasteiger partial charge in [-0.1, -0.05) is 24.3 Å². The molecule has 12 nitrogen and oxygen atoms in total. The molecule has 2 aliphatic carbocycles. The average molecular weight is 598 g/mol. The number of aliphatic hydroxyl groups excluding tert-OH is 1. The Hall–Kier alpha value is -3.23. The molecule has 0 radical (unpaired) electrons. The minimum atomic E-state index is -2.00. The van der Waals surface area contributed by atoms with Crippen LogP contribution >= 0.6 is 0 Å². The Balaban J connectivity index is 1.40. The average Bonchev–Trinajstić information content (AvgIpc) is 2.99. The number of rotatable bonds is 5. The fraction of sp³-hybridized carbons (Fsp3) is 0.516. The van der Waals surface area contributed by atoms with Crippen LogP contribution in [0.15, 0.2) is 24.3 Å². The van der Waals surface area contributed by atoms with Crippen LogP contribution in [-0.4, -0.2) is 106 Å². The number of ketones is 3. The van der Waals surface area contributed by atoms with Crippen molar-refractivity contribution >= 4 is 17.3 Å². The molecule has 2 heterocycles. The van der Waals surface area contributed by atoms with Gasteiger partial charge in [0.15, 0.2) is 29.9 Å². The molecular weight excluding hydrogens is 562 g/mol. The monoisotopic (exact) mass is 597 g/mol. The molecule has 2 aromatic carbocycles. The highest BCUT2D eigenvalue weighted by molar-refractivity contribution is 6.30. The molecule has 0 spiro atoms. The molecule has 0 amide bonds. The van der Waals surface area contributed by atoms with Crippen LogP contribution in [0, 0.1) is 0 Å². The number of morpholine rings is 1. The Kier molecular flexibility index (Phi) is 7.66. The first-order valence-electron chi connectivity index (χ1n) is 14.3. The molecule has 43 heavy (non-hydrogen) atoms. The van der Waals surface area contributed by atoms with Gasteiger partial charge in [0, 0.05) is 67.8 Å². The molecule has 6 rings (SSSR count). The number of aromatic hydroxyl groups is 2. The lowest BCUT2D eigenvalue weighted by Gasteiger charge is -2.47. The Morgan fingerprint density at radius 2 is 1.72 bits per heavy atom. The Bertz CT molecular complexity index is 1490. The van der Waals surface area contributed by atoms with Crippen LogP contribution in [0.1, 0.15) is 75.8 Å². The van der Waals surface area contributed by atoms with Gasteiger partial charge < -0.3 is 39.4 Å². The lowest BCUT2D eigenvalue weighted by Crippen LogP contribution is -2.59. The molecule has 0 bridgehead atoms. The van der Waals surface area contributed by atoms with Crippen LogP contribution in [0.3, 0.4) is 0 Å². The molecule has 0 saturated carbocycles. The van der Waals surface area contributed by atoms with Crippen LogP contribution in [0.25, 0.3) is 0 Å². The Morgan fingerprint density at radius 3 is 2.35 bits per heavy atom. The molecule has 7 unspecified atom stereocenters. The maximum atomic E-state index is 13.5. The molecule has 230 valence electrons. The zero-order valence-corrected chi connectivity index (χ0v) is 24.1. The number of hydrogen-bond donors (Lipinski definition) is 4. The normalized spacial score (nSPS) is 32.6. The minimum absolute atomic E-state index is 0.00690. The van der Waals surface area contributed by atoms with E-state index in [9.17, 15) is 34.8 Å². The molecule has 2 fully saturated rings. The molecule has 4 N–H and O–H groups in total. The van der Waals surface area contributed by atoms with E-state index < -0.39 is 77.8 Å². The van der Waals surface area contributed by atoms with Crippen molar-refractivity contribution in [3.63, 3.8) is 0 Å². The number of carbonyl (C=O) groups is 3. The number of carbonyl (C=O) groups excluding carboxylic acids is 3. The van der Waals surface area contributed by atoms with Crippen molar-refractivity contribution in [3.8, 4) is 11.5 Å². The van der Waals surface area contributed by atoms with E-state index in [1.165, 1.54) is 26.2 Å². The van der Waals surface area contributed by atoms with Crippen LogP contribution < -0.4 is 0 Å². The fourth-order valence-corrected chi connectivity index (χ4v) is 6.81. The second-order valence-corrected chi connectivity index (χ2v) is 11.7. The van der Waals surface area contributed by atoms with E-state index in [1.54, 1.807) is 19.1 Å². The summed E-state index contributed by atoms with van der Waals surface area (Å²) in [5, 5.41) is 45.4. The molecule has 2 aromatic rings. The number of phenolic OH excluding ortho intramolecular Hbond substituents is 2. The highest BCUT2D eigenvalue weighted by Crippen LogP contribution is 2.52. The van der Waals surface area contributed by atoms with Gasteiger partial charge in [-0.15, -0.1) is 0 Å². The van der Waals surface area contributed by atoms with E-state index in [0.29, 0.717) is 19.7 Å². The van der Waals surface area contributed by atoms with Gasteiger partial charge >= 0.3 is 0 Å². The lowest BCUT2D eigenvalue weighted by atomic mass is 9.72. The third kappa shape index (κ3) is 4.87. The number of aliphatic hydroxyl groups is 2. The van der Waals surface area contributed by atoms with E-state index >= 15 is 0 Å². The van der Waals surface area contributed by atoms with Gasteiger partial charge in [-0.3, -0.25) is 19.3 Å². The highest BCUT2D eigenvalue weighted by atomic mass is 16.7. The van der Waals surface area contributed by atoms with Gasteiger partial charge in [-0.05, 0) is 13.8 Å². The van der Waals surface area contributed by atoms with Crippen molar-refractivity contribution in [2.75, 3.05) is 26.8 Å². The van der Waals surface area contributed by atoms with E-state index in [2.05, 4.69) is 0 Å². The highest BCUT2D eigenvalue weighted by Gasteiger charge is 2.49. The molecule has 4 aliphatic rings. The summed E-state index contributed by atoms with van der Waals surface area (Å²) in [5.74, 6) is -3.04. The summed E-state index contributed by atoms with van der Waals surface area (Å²) in [4.78, 5) is 41.7. The molecule has 2 aliphatic heterocycles. The van der Waals surface area contributed by atoms with Crippen molar-refractivity contribution in [1.29, 1.82) is 0 Å². The zero-order chi connectivity index (χ0) is 30.8. The van der Waals surface area contributed by atoms with E-state index in [1.807, 2.05) is 4.90 Å². The molecule has 2 saturated heterocycles. The van der Waals surface area contributed by atoms with Crippen LogP contribution in [0.4, 0.5) is 0 Å². The SMILES string of the molecule is COC1CN(C2CC(OC3CC(O)(C(C)=O)Cc4c(O)c5c(c(O)c43)C(=O)c3ccccc3C5=O)OC(C)C2O)CCO1. The van der Waals surface area contributed by atoms with Crippen LogP contribution in [0.5, 0.6) is 11.5 Å². The van der Waals surface area contributed by atoms with Crippen molar-refractivity contribution in [2.24, 2.45) is 0 Å². The number of methoxy groups -OCH3 is 1. The third-order valence-corrected chi connectivity index (χ3v) is 9.22. The summed E-state index contributed by atoms with van der Waals surface area (Å²) in [6.07, 6.45) is -4.68. The molecule has 0 aromatic heterocycles. The zero-order valence-electron chi connectivity index (χ0n) is 24.1. The second-order valence-electron chi connectivity index (χ2n) is 11.7. The molecule has 7 atom stereocenters. The lowest BCUT2D eigenvalue weighted by molar-refractivity contribution is -0.266. The van der Waals surface area contributed by atoms with Crippen molar-refractivity contribution in [1.82, 2.24) is 4.90 Å². The molecular formula is C31H35NO11. The summed E-state index contributed by atoms with van der Waals surface area (Å²) < 4.78 is 23.3. The third-order valence-electron chi connectivity index (χ3n) is 9.22. The van der Waals surface area contributed by atoms with Gasteiger partial charge in [0.05, 0.1) is 36.0 Å². The summed E-state index contributed by atoms with van der Waals surface area (Å²) in [5.41, 5.74) is -2.61. The van der Waals surface area contributed by atoms with Crippen LogP contribution in [0.2, 0.25) is 0 Å². The van der Waals surface area contributed by atoms with Gasteiger partial charge in [-0.25, -0.2) is 0 Å². The standard InChI is InChI=1S/C31H35NO11/c1-14-26(34)19(32-8-9-41-22(13-32)40-3)10-21(42-14)43-20-12-31(39,15(2)33)11-18-23(20)30(38)25-24(29(18)37)27(35)16-6-4-5-7-17(16)28(25)36/h4-7,14,19-22,26,34,37-39H,8-13H2,1-3H3. The fourth-order valence-electron chi connectivity index (χ4n) is 6.81. The number of ether oxygens (including phenoxy) is 4. The predicted octanol–water partition coefficient (Wildman–Crippen LogP) is 1.37. The number of fused-ring (bicyclic) bond motifs is 3.